The lowest BCUT2D eigenvalue weighted by Gasteiger charge is -2.42. The summed E-state index contributed by atoms with van der Waals surface area (Å²) in [5, 5.41) is 2.48. The van der Waals surface area contributed by atoms with Crippen molar-refractivity contribution in [1.29, 1.82) is 0 Å². The smallest absolute Gasteiger partial charge is 0.357 e. The van der Waals surface area contributed by atoms with Crippen LogP contribution in [0.3, 0.4) is 0 Å². The second-order valence-corrected chi connectivity index (χ2v) is 10.5. The van der Waals surface area contributed by atoms with Crippen LogP contribution in [0.1, 0.15) is 69.6 Å². The van der Waals surface area contributed by atoms with Crippen LogP contribution in [0.15, 0.2) is 5.38 Å². The van der Waals surface area contributed by atoms with Crippen molar-refractivity contribution >= 4 is 28.3 Å². The molecule has 0 aromatic carbocycles. The van der Waals surface area contributed by atoms with Crippen LogP contribution >= 0.6 is 11.3 Å². The fourth-order valence-corrected chi connectivity index (χ4v) is 4.98. The highest BCUT2D eigenvalue weighted by Crippen LogP contribution is 2.36. The molecule has 2 rings (SSSR count). The van der Waals surface area contributed by atoms with Gasteiger partial charge in [0, 0.05) is 11.4 Å². The molecule has 0 amide bonds. The second kappa shape index (κ2) is 8.24. The number of hydrogen-bond acceptors (Lipinski definition) is 6. The molecule has 0 bridgehead atoms. The van der Waals surface area contributed by atoms with Crippen LogP contribution in [0.25, 0.3) is 0 Å². The number of esters is 1. The molecule has 1 aromatic heterocycles. The van der Waals surface area contributed by atoms with E-state index in [2.05, 4.69) is 18.8 Å². The van der Waals surface area contributed by atoms with E-state index in [-0.39, 0.29) is 16.9 Å². The molecule has 25 heavy (non-hydrogen) atoms. The fourth-order valence-electron chi connectivity index (χ4n) is 2.70. The van der Waals surface area contributed by atoms with Gasteiger partial charge in [-0.3, -0.25) is 0 Å². The van der Waals surface area contributed by atoms with Gasteiger partial charge in [0.1, 0.15) is 28.8 Å². The molecule has 1 fully saturated rings. The summed E-state index contributed by atoms with van der Waals surface area (Å²) in [6.07, 6.45) is 0.517. The van der Waals surface area contributed by atoms with Crippen LogP contribution in [-0.4, -0.2) is 43.6 Å². The van der Waals surface area contributed by atoms with E-state index in [0.717, 1.165) is 5.01 Å². The quantitative estimate of drug-likeness (QED) is 0.722. The molecular weight excluding hydrogens is 360 g/mol. The summed E-state index contributed by atoms with van der Waals surface area (Å²) >= 11 is 1.41. The van der Waals surface area contributed by atoms with Gasteiger partial charge in [-0.25, -0.2) is 14.0 Å². The predicted octanol–water partition coefficient (Wildman–Crippen LogP) is 3.53. The molecule has 1 aliphatic rings. The van der Waals surface area contributed by atoms with Gasteiger partial charge in [0.05, 0.1) is 11.4 Å². The average Bonchev–Trinajstić information content (AvgIpc) is 3.03. The van der Waals surface area contributed by atoms with Gasteiger partial charge in [-0.05, 0) is 40.0 Å². The van der Waals surface area contributed by atoms with E-state index in [4.69, 9.17) is 9.47 Å². The third-order valence-corrected chi connectivity index (χ3v) is 6.80. The highest BCUT2D eigenvalue weighted by Gasteiger charge is 2.39. The van der Waals surface area contributed by atoms with Crippen LogP contribution in [0.2, 0.25) is 0 Å². The first kappa shape index (κ1) is 20.5. The Labute approximate surface area is 156 Å². The first-order valence-electron chi connectivity index (χ1n) is 8.58. The van der Waals surface area contributed by atoms with Crippen LogP contribution in [-0.2, 0) is 20.5 Å². The number of carbonyl (C=O) groups is 1. The highest BCUT2D eigenvalue weighted by atomic mass is 32.2. The zero-order chi connectivity index (χ0) is 18.8. The molecule has 2 heterocycles. The molecule has 1 aromatic rings. The van der Waals surface area contributed by atoms with Crippen LogP contribution in [0, 0.1) is 5.92 Å². The maximum Gasteiger partial charge on any atom is 0.357 e. The molecule has 0 saturated carbocycles. The molecule has 3 atom stereocenters. The summed E-state index contributed by atoms with van der Waals surface area (Å²) in [6.45, 7) is 12.6. The molecule has 1 aliphatic heterocycles. The molecular formula is C17H28N2O4S2. The number of ether oxygens (including phenoxy) is 2. The van der Waals surface area contributed by atoms with Crippen molar-refractivity contribution in [3.8, 4) is 0 Å². The fraction of sp³-hybridized carbons (Fsp3) is 0.765. The molecule has 1 saturated heterocycles. The highest BCUT2D eigenvalue weighted by molar-refractivity contribution is 7.84. The number of rotatable bonds is 5. The SMILES string of the molecule is CCOC(=O)c1csc([C@H]2CC(C(C)C)N(S(=O)C(C)(C)C)CO2)n1. The van der Waals surface area contributed by atoms with Crippen LogP contribution in [0.4, 0.5) is 0 Å². The number of aromatic nitrogens is 1. The number of carbonyl (C=O) groups excluding carboxylic acids is 1. The molecule has 2 unspecified atom stereocenters. The Morgan fingerprint density at radius 2 is 2.20 bits per heavy atom. The van der Waals surface area contributed by atoms with Crippen molar-refractivity contribution in [1.82, 2.24) is 9.29 Å². The minimum atomic E-state index is -1.13. The van der Waals surface area contributed by atoms with Gasteiger partial charge in [-0.15, -0.1) is 11.3 Å². The monoisotopic (exact) mass is 388 g/mol. The van der Waals surface area contributed by atoms with Crippen molar-refractivity contribution < 1.29 is 18.5 Å². The Morgan fingerprint density at radius 3 is 2.76 bits per heavy atom. The topological polar surface area (TPSA) is 68.7 Å². The van der Waals surface area contributed by atoms with E-state index in [1.54, 1.807) is 12.3 Å². The molecule has 0 spiro atoms. The van der Waals surface area contributed by atoms with Gasteiger partial charge in [0.25, 0.3) is 0 Å². The molecule has 6 nitrogen and oxygen atoms in total. The summed E-state index contributed by atoms with van der Waals surface area (Å²) in [7, 11) is -1.13. The Kier molecular flexibility index (Phi) is 6.75. The Morgan fingerprint density at radius 1 is 1.52 bits per heavy atom. The average molecular weight is 389 g/mol. The van der Waals surface area contributed by atoms with E-state index >= 15 is 0 Å². The molecule has 0 N–H and O–H groups in total. The third-order valence-electron chi connectivity index (χ3n) is 4.02. The van der Waals surface area contributed by atoms with E-state index in [1.165, 1.54) is 11.3 Å². The Hall–Kier alpha value is -0.830. The lowest BCUT2D eigenvalue weighted by molar-refractivity contribution is -0.0694. The number of nitrogens with zero attached hydrogens (tertiary/aromatic N) is 2. The largest absolute Gasteiger partial charge is 0.461 e. The zero-order valence-corrected chi connectivity index (χ0v) is 17.4. The van der Waals surface area contributed by atoms with Gasteiger partial charge in [0.15, 0.2) is 5.69 Å². The number of hydrogen-bond donors (Lipinski definition) is 0. The predicted molar refractivity (Wildman–Crippen MR) is 99.7 cm³/mol. The van der Waals surface area contributed by atoms with Crippen LogP contribution < -0.4 is 0 Å². The van der Waals surface area contributed by atoms with Crippen LogP contribution in [0.5, 0.6) is 0 Å². The lowest BCUT2D eigenvalue weighted by Crippen LogP contribution is -2.50. The van der Waals surface area contributed by atoms with E-state index in [9.17, 15) is 9.00 Å². The standard InChI is InChI=1S/C17H28N2O4S2/c1-7-22-16(20)12-9-24-15(18-12)14-8-13(11(2)3)19(10-23-14)25(21)17(4,5)6/h9,11,13-14H,7-8,10H2,1-6H3/t13?,14-,25?/m1/s1. The molecule has 8 heteroatoms. The summed E-state index contributed by atoms with van der Waals surface area (Å²) in [5.41, 5.74) is 0.326. The van der Waals surface area contributed by atoms with Crippen molar-refractivity contribution in [3.05, 3.63) is 16.1 Å². The van der Waals surface area contributed by atoms with Crippen molar-refractivity contribution in [2.75, 3.05) is 13.3 Å². The molecule has 0 aliphatic carbocycles. The summed E-state index contributed by atoms with van der Waals surface area (Å²) in [5.74, 6) is -0.0705. The Balaban J connectivity index is 2.14. The van der Waals surface area contributed by atoms with Gasteiger partial charge in [0.2, 0.25) is 0 Å². The van der Waals surface area contributed by atoms with E-state index in [0.29, 0.717) is 31.4 Å². The molecule has 0 radical (unpaired) electrons. The van der Waals surface area contributed by atoms with E-state index in [1.807, 2.05) is 25.1 Å². The second-order valence-electron chi connectivity index (χ2n) is 7.40. The van der Waals surface area contributed by atoms with Crippen molar-refractivity contribution in [2.45, 2.75) is 64.9 Å². The van der Waals surface area contributed by atoms with Gasteiger partial charge in [-0.1, -0.05) is 13.8 Å². The first-order valence-corrected chi connectivity index (χ1v) is 10.6. The summed E-state index contributed by atoms with van der Waals surface area (Å²) in [4.78, 5) is 16.2. The van der Waals surface area contributed by atoms with Gasteiger partial charge < -0.3 is 9.47 Å². The van der Waals surface area contributed by atoms with E-state index < -0.39 is 17.0 Å². The minimum absolute atomic E-state index is 0.133. The maximum atomic E-state index is 12.8. The molecule has 142 valence electrons. The Bertz CT molecular complexity index is 624. The summed E-state index contributed by atoms with van der Waals surface area (Å²) in [6, 6.07) is 0.133. The van der Waals surface area contributed by atoms with Crippen molar-refractivity contribution in [2.24, 2.45) is 5.92 Å². The maximum absolute atomic E-state index is 12.8. The first-order chi connectivity index (χ1) is 11.6. The third kappa shape index (κ3) is 4.87. The van der Waals surface area contributed by atoms with Crippen molar-refractivity contribution in [3.63, 3.8) is 0 Å². The lowest BCUT2D eigenvalue weighted by atomic mass is 9.97. The zero-order valence-electron chi connectivity index (χ0n) is 15.8. The van der Waals surface area contributed by atoms with Gasteiger partial charge >= 0.3 is 5.97 Å². The minimum Gasteiger partial charge on any atom is -0.461 e. The summed E-state index contributed by atoms with van der Waals surface area (Å²) < 4.78 is 25.4. The van der Waals surface area contributed by atoms with Gasteiger partial charge in [-0.2, -0.15) is 4.31 Å². The normalized spacial score (nSPS) is 23.6. The number of thiazole rings is 1.